The standard InChI is InChI=1S/C18H17N5O/c24-18(22-14-4-2-1-3-5-14)23-11-8-15-16(21-12-20-15)17(23)13-6-9-19-10-7-13/h1-7,9-10,12,17H,8,11H2,(H,20,21)(H,22,24). The first kappa shape index (κ1) is 14.4. The van der Waals surface area contributed by atoms with Crippen molar-refractivity contribution in [1.29, 1.82) is 0 Å². The zero-order valence-electron chi connectivity index (χ0n) is 13.0. The predicted octanol–water partition coefficient (Wildman–Crippen LogP) is 2.98. The second-order valence-corrected chi connectivity index (χ2v) is 5.69. The molecule has 1 aliphatic rings. The van der Waals surface area contributed by atoms with Crippen LogP contribution in [0.15, 0.2) is 61.2 Å². The van der Waals surface area contributed by atoms with Crippen LogP contribution in [-0.2, 0) is 6.42 Å². The van der Waals surface area contributed by atoms with E-state index in [0.29, 0.717) is 6.54 Å². The largest absolute Gasteiger partial charge is 0.348 e. The smallest absolute Gasteiger partial charge is 0.322 e. The summed E-state index contributed by atoms with van der Waals surface area (Å²) in [6.07, 6.45) is 5.93. The normalized spacial score (nSPS) is 16.5. The second-order valence-electron chi connectivity index (χ2n) is 5.69. The molecule has 24 heavy (non-hydrogen) atoms. The molecule has 1 unspecified atom stereocenters. The molecular formula is C18H17N5O. The minimum atomic E-state index is -0.216. The Bertz CT molecular complexity index is 831. The lowest BCUT2D eigenvalue weighted by atomic mass is 9.97. The molecule has 120 valence electrons. The van der Waals surface area contributed by atoms with Gasteiger partial charge in [-0.3, -0.25) is 4.98 Å². The lowest BCUT2D eigenvalue weighted by Gasteiger charge is -2.35. The molecule has 3 aromatic rings. The van der Waals surface area contributed by atoms with E-state index in [1.807, 2.05) is 47.4 Å². The van der Waals surface area contributed by atoms with Crippen molar-refractivity contribution in [1.82, 2.24) is 19.9 Å². The number of amides is 2. The molecule has 6 heteroatoms. The average molecular weight is 319 g/mol. The van der Waals surface area contributed by atoms with Crippen molar-refractivity contribution in [2.45, 2.75) is 12.5 Å². The van der Waals surface area contributed by atoms with E-state index in [9.17, 15) is 4.79 Å². The third kappa shape index (κ3) is 2.62. The molecule has 4 rings (SSSR count). The summed E-state index contributed by atoms with van der Waals surface area (Å²) in [6, 6.07) is 13.0. The van der Waals surface area contributed by atoms with Crippen LogP contribution in [0.2, 0.25) is 0 Å². The van der Waals surface area contributed by atoms with E-state index in [2.05, 4.69) is 20.3 Å². The number of pyridine rings is 1. The highest BCUT2D eigenvalue weighted by atomic mass is 16.2. The molecule has 0 bridgehead atoms. The van der Waals surface area contributed by atoms with Gasteiger partial charge >= 0.3 is 6.03 Å². The number of imidazole rings is 1. The number of fused-ring (bicyclic) bond motifs is 1. The zero-order valence-corrected chi connectivity index (χ0v) is 13.0. The Hall–Kier alpha value is -3.15. The summed E-state index contributed by atoms with van der Waals surface area (Å²) in [5, 5.41) is 2.97. The maximum absolute atomic E-state index is 12.8. The van der Waals surface area contributed by atoms with E-state index >= 15 is 0 Å². The third-order valence-corrected chi connectivity index (χ3v) is 4.23. The molecule has 0 radical (unpaired) electrons. The van der Waals surface area contributed by atoms with Gasteiger partial charge in [0, 0.05) is 36.7 Å². The maximum Gasteiger partial charge on any atom is 0.322 e. The number of rotatable bonds is 2. The Labute approximate surface area is 139 Å². The van der Waals surface area contributed by atoms with Crippen molar-refractivity contribution < 1.29 is 4.79 Å². The summed E-state index contributed by atoms with van der Waals surface area (Å²) in [7, 11) is 0. The highest BCUT2D eigenvalue weighted by Gasteiger charge is 2.34. The quantitative estimate of drug-likeness (QED) is 0.762. The number of hydrogen-bond donors (Lipinski definition) is 2. The molecule has 2 amide bonds. The number of hydrogen-bond acceptors (Lipinski definition) is 3. The number of urea groups is 1. The number of aromatic amines is 1. The molecule has 0 fully saturated rings. The summed E-state index contributed by atoms with van der Waals surface area (Å²) < 4.78 is 0. The minimum Gasteiger partial charge on any atom is -0.348 e. The second kappa shape index (κ2) is 6.16. The zero-order chi connectivity index (χ0) is 16.4. The molecule has 3 heterocycles. The van der Waals surface area contributed by atoms with Gasteiger partial charge < -0.3 is 15.2 Å². The Morgan fingerprint density at radius 1 is 1.17 bits per heavy atom. The highest BCUT2D eigenvalue weighted by molar-refractivity contribution is 5.90. The van der Waals surface area contributed by atoms with Gasteiger partial charge in [0.15, 0.2) is 0 Å². The number of nitrogens with one attached hydrogen (secondary N) is 2. The Balaban J connectivity index is 1.67. The van der Waals surface area contributed by atoms with Gasteiger partial charge in [0.05, 0.1) is 12.0 Å². The number of carbonyl (C=O) groups is 1. The van der Waals surface area contributed by atoms with Gasteiger partial charge in [-0.2, -0.15) is 0 Å². The van der Waals surface area contributed by atoms with E-state index < -0.39 is 0 Å². The first-order chi connectivity index (χ1) is 11.8. The molecule has 1 aromatic carbocycles. The third-order valence-electron chi connectivity index (χ3n) is 4.23. The number of para-hydroxylation sites is 1. The number of aromatic nitrogens is 3. The summed E-state index contributed by atoms with van der Waals surface area (Å²) in [6.45, 7) is 0.626. The Morgan fingerprint density at radius 2 is 1.96 bits per heavy atom. The molecule has 1 atom stereocenters. The average Bonchev–Trinajstić information content (AvgIpc) is 3.11. The van der Waals surface area contributed by atoms with Gasteiger partial charge in [0.2, 0.25) is 0 Å². The molecule has 2 N–H and O–H groups in total. The number of anilines is 1. The van der Waals surface area contributed by atoms with E-state index in [1.165, 1.54) is 0 Å². The monoisotopic (exact) mass is 319 g/mol. The van der Waals surface area contributed by atoms with Crippen LogP contribution in [0, 0.1) is 0 Å². The molecule has 1 aliphatic heterocycles. The van der Waals surface area contributed by atoms with Crippen molar-refractivity contribution in [3.8, 4) is 0 Å². The fourth-order valence-corrected chi connectivity index (χ4v) is 3.10. The van der Waals surface area contributed by atoms with Crippen LogP contribution in [0.4, 0.5) is 10.5 Å². The van der Waals surface area contributed by atoms with E-state index in [1.54, 1.807) is 18.7 Å². The van der Waals surface area contributed by atoms with E-state index in [-0.39, 0.29) is 12.1 Å². The van der Waals surface area contributed by atoms with Gasteiger partial charge in [0.1, 0.15) is 6.04 Å². The van der Waals surface area contributed by atoms with Gasteiger partial charge in [-0.05, 0) is 29.8 Å². The van der Waals surface area contributed by atoms with Crippen LogP contribution in [0.1, 0.15) is 23.0 Å². The first-order valence-corrected chi connectivity index (χ1v) is 7.87. The molecule has 0 aliphatic carbocycles. The van der Waals surface area contributed by atoms with Crippen LogP contribution >= 0.6 is 0 Å². The maximum atomic E-state index is 12.8. The topological polar surface area (TPSA) is 73.9 Å². The van der Waals surface area contributed by atoms with Crippen molar-refractivity contribution >= 4 is 11.7 Å². The first-order valence-electron chi connectivity index (χ1n) is 7.87. The van der Waals surface area contributed by atoms with E-state index in [4.69, 9.17) is 0 Å². The summed E-state index contributed by atoms with van der Waals surface area (Å²) >= 11 is 0. The predicted molar refractivity (Wildman–Crippen MR) is 90.5 cm³/mol. The highest BCUT2D eigenvalue weighted by Crippen LogP contribution is 2.33. The number of benzene rings is 1. The summed E-state index contributed by atoms with van der Waals surface area (Å²) in [4.78, 5) is 26.4. The van der Waals surface area contributed by atoms with Gasteiger partial charge in [-0.25, -0.2) is 9.78 Å². The fourth-order valence-electron chi connectivity index (χ4n) is 3.10. The van der Waals surface area contributed by atoms with Crippen LogP contribution in [0.3, 0.4) is 0 Å². The molecule has 6 nitrogen and oxygen atoms in total. The van der Waals surface area contributed by atoms with Gasteiger partial charge in [0.25, 0.3) is 0 Å². The SMILES string of the molecule is O=C(Nc1ccccc1)N1CCc2[nH]cnc2C1c1ccncc1. The molecular weight excluding hydrogens is 302 g/mol. The molecule has 2 aromatic heterocycles. The minimum absolute atomic E-state index is 0.128. The Morgan fingerprint density at radius 3 is 2.75 bits per heavy atom. The van der Waals surface area contributed by atoms with Crippen LogP contribution in [-0.4, -0.2) is 32.4 Å². The van der Waals surface area contributed by atoms with Gasteiger partial charge in [-0.1, -0.05) is 18.2 Å². The summed E-state index contributed by atoms with van der Waals surface area (Å²) in [5.41, 5.74) is 3.77. The molecule has 0 spiro atoms. The van der Waals surface area contributed by atoms with Crippen molar-refractivity contribution in [3.63, 3.8) is 0 Å². The van der Waals surface area contributed by atoms with Crippen LogP contribution in [0.25, 0.3) is 0 Å². The van der Waals surface area contributed by atoms with Crippen molar-refractivity contribution in [2.24, 2.45) is 0 Å². The number of nitrogens with zero attached hydrogens (tertiary/aromatic N) is 3. The molecule has 0 saturated heterocycles. The van der Waals surface area contributed by atoms with Crippen molar-refractivity contribution in [2.75, 3.05) is 11.9 Å². The Kier molecular flexibility index (Phi) is 3.70. The number of carbonyl (C=O) groups excluding carboxylic acids is 1. The lowest BCUT2D eigenvalue weighted by Crippen LogP contribution is -2.43. The van der Waals surface area contributed by atoms with Crippen LogP contribution in [0.5, 0.6) is 0 Å². The van der Waals surface area contributed by atoms with Gasteiger partial charge in [-0.15, -0.1) is 0 Å². The van der Waals surface area contributed by atoms with Crippen LogP contribution < -0.4 is 5.32 Å². The van der Waals surface area contributed by atoms with Crippen molar-refractivity contribution in [3.05, 3.63) is 78.1 Å². The summed E-state index contributed by atoms with van der Waals surface area (Å²) in [5.74, 6) is 0. The fraction of sp³-hybridized carbons (Fsp3) is 0.167. The van der Waals surface area contributed by atoms with E-state index in [0.717, 1.165) is 29.1 Å². The molecule has 0 saturated carbocycles. The lowest BCUT2D eigenvalue weighted by molar-refractivity contribution is 0.192. The number of H-pyrrole nitrogens is 1.